The third-order valence-corrected chi connectivity index (χ3v) is 7.77. The van der Waals surface area contributed by atoms with Crippen molar-refractivity contribution in [3.63, 3.8) is 0 Å². The summed E-state index contributed by atoms with van der Waals surface area (Å²) < 4.78 is 69.6. The van der Waals surface area contributed by atoms with Gasteiger partial charge in [-0.3, -0.25) is 9.80 Å². The third kappa shape index (κ3) is 5.97. The van der Waals surface area contributed by atoms with Crippen LogP contribution in [0.4, 0.5) is 32.4 Å². The fourth-order valence-electron chi connectivity index (χ4n) is 5.45. The lowest BCUT2D eigenvalue weighted by atomic mass is 9.74. The van der Waals surface area contributed by atoms with Crippen LogP contribution in [0, 0.1) is 11.8 Å². The average molecular weight is 577 g/mol. The second-order valence-corrected chi connectivity index (χ2v) is 10.6. The lowest BCUT2D eigenvalue weighted by Gasteiger charge is -2.39. The molecule has 2 aliphatic heterocycles. The maximum absolute atomic E-state index is 15.4. The Hall–Kier alpha value is -3.50. The van der Waals surface area contributed by atoms with E-state index < -0.39 is 35.0 Å². The summed E-state index contributed by atoms with van der Waals surface area (Å²) in [5, 5.41) is 3.28. The number of piperidine rings is 1. The number of nitrogens with one attached hydrogen (secondary N) is 1. The van der Waals surface area contributed by atoms with Gasteiger partial charge in [-0.2, -0.15) is 17.6 Å². The van der Waals surface area contributed by atoms with E-state index in [2.05, 4.69) is 15.2 Å². The predicted octanol–water partition coefficient (Wildman–Crippen LogP) is 6.81. The molecule has 0 unspecified atom stereocenters. The molecule has 0 atom stereocenters. The Morgan fingerprint density at radius 3 is 2.48 bits per heavy atom. The van der Waals surface area contributed by atoms with E-state index in [0.717, 1.165) is 17.7 Å². The molecule has 3 heterocycles. The summed E-state index contributed by atoms with van der Waals surface area (Å²) in [6.07, 6.45) is 1.40. The van der Waals surface area contributed by atoms with Crippen molar-refractivity contribution in [3.8, 4) is 0 Å². The zero-order valence-electron chi connectivity index (χ0n) is 21.3. The van der Waals surface area contributed by atoms with E-state index in [-0.39, 0.29) is 24.3 Å². The highest BCUT2D eigenvalue weighted by molar-refractivity contribution is 6.30. The van der Waals surface area contributed by atoms with Gasteiger partial charge in [0.15, 0.2) is 0 Å². The van der Waals surface area contributed by atoms with Crippen LogP contribution in [0.5, 0.6) is 0 Å². The van der Waals surface area contributed by atoms with Crippen molar-refractivity contribution in [2.45, 2.75) is 31.0 Å². The molecular weight excluding hydrogens is 551 g/mol. The lowest BCUT2D eigenvalue weighted by Crippen LogP contribution is -2.47. The SMILES string of the molecule is O=C(NCc1ccnc(F)c1)N1CC2(CCN(CC=Cc3ccc(Cl)cc3)CC2)c2c(F)cc(C(F)(F)F)cc21. The van der Waals surface area contributed by atoms with Gasteiger partial charge < -0.3 is 5.32 Å². The number of urea groups is 1. The monoisotopic (exact) mass is 576 g/mol. The quantitative estimate of drug-likeness (QED) is 0.268. The summed E-state index contributed by atoms with van der Waals surface area (Å²) in [6, 6.07) is 10.8. The number of carbonyl (C=O) groups is 1. The molecule has 0 radical (unpaired) electrons. The van der Waals surface area contributed by atoms with Crippen LogP contribution in [-0.4, -0.2) is 42.1 Å². The Morgan fingerprint density at radius 1 is 1.07 bits per heavy atom. The normalized spacial score (nSPS) is 17.0. The van der Waals surface area contributed by atoms with Gasteiger partial charge in [0.2, 0.25) is 5.95 Å². The largest absolute Gasteiger partial charge is 0.416 e. The summed E-state index contributed by atoms with van der Waals surface area (Å²) in [6.45, 7) is 1.79. The summed E-state index contributed by atoms with van der Waals surface area (Å²) >= 11 is 5.93. The highest BCUT2D eigenvalue weighted by Crippen LogP contribution is 2.50. The molecule has 1 saturated heterocycles. The van der Waals surface area contributed by atoms with Crippen molar-refractivity contribution < 1.29 is 26.7 Å². The Bertz CT molecular complexity index is 1420. The molecule has 2 aliphatic rings. The molecule has 2 amide bonds. The van der Waals surface area contributed by atoms with Crippen LogP contribution in [0.15, 0.2) is 60.8 Å². The van der Waals surface area contributed by atoms with E-state index in [1.54, 1.807) is 12.1 Å². The van der Waals surface area contributed by atoms with Crippen LogP contribution in [0.1, 0.15) is 35.1 Å². The standard InChI is InChI=1S/C29H26ClF5N4O/c30-22-5-3-19(4-6-22)2-1-11-38-12-8-28(9-13-38)18-39(27(40)37-17-20-7-10-36-25(32)14-20)24-16-21(29(33,34)35)15-23(31)26(24)28/h1-7,10,14-16H,8-9,11-13,17-18H2,(H,37,40). The smallest absolute Gasteiger partial charge is 0.334 e. The van der Waals surface area contributed by atoms with Gasteiger partial charge >= 0.3 is 12.2 Å². The van der Waals surface area contributed by atoms with Gasteiger partial charge in [0.05, 0.1) is 11.3 Å². The van der Waals surface area contributed by atoms with E-state index >= 15 is 4.39 Å². The van der Waals surface area contributed by atoms with E-state index in [0.29, 0.717) is 49.1 Å². The first-order valence-corrected chi connectivity index (χ1v) is 13.1. The zero-order valence-corrected chi connectivity index (χ0v) is 22.1. The molecule has 1 fully saturated rings. The molecule has 1 aromatic heterocycles. The van der Waals surface area contributed by atoms with Crippen LogP contribution in [-0.2, 0) is 18.1 Å². The van der Waals surface area contributed by atoms with Crippen molar-refractivity contribution in [1.29, 1.82) is 0 Å². The molecule has 1 N–H and O–H groups in total. The second kappa shape index (κ2) is 11.2. The molecule has 2 aromatic carbocycles. The van der Waals surface area contributed by atoms with Crippen LogP contribution in [0.3, 0.4) is 0 Å². The summed E-state index contributed by atoms with van der Waals surface area (Å²) in [7, 11) is 0. The highest BCUT2D eigenvalue weighted by atomic mass is 35.5. The number of halogens is 6. The number of rotatable bonds is 5. The first kappa shape index (κ1) is 28.0. The van der Waals surface area contributed by atoms with E-state index in [9.17, 15) is 22.4 Å². The fraction of sp³-hybridized carbons (Fsp3) is 0.310. The molecule has 0 bridgehead atoms. The van der Waals surface area contributed by atoms with Gasteiger partial charge in [-0.1, -0.05) is 35.9 Å². The molecule has 0 saturated carbocycles. The number of hydrogen-bond donors (Lipinski definition) is 1. The minimum Gasteiger partial charge on any atom is -0.334 e. The Balaban J connectivity index is 1.34. The molecule has 1 spiro atoms. The maximum atomic E-state index is 15.4. The molecule has 11 heteroatoms. The number of benzene rings is 2. The Morgan fingerprint density at radius 2 is 1.80 bits per heavy atom. The number of carbonyl (C=O) groups excluding carboxylic acids is 1. The second-order valence-electron chi connectivity index (χ2n) is 10.1. The molecular formula is C29H26ClF5N4O. The van der Waals surface area contributed by atoms with Crippen molar-refractivity contribution in [2.24, 2.45) is 0 Å². The van der Waals surface area contributed by atoms with Crippen molar-refractivity contribution >= 4 is 29.4 Å². The lowest BCUT2D eigenvalue weighted by molar-refractivity contribution is -0.137. The number of anilines is 1. The fourth-order valence-corrected chi connectivity index (χ4v) is 5.58. The van der Waals surface area contributed by atoms with Crippen LogP contribution >= 0.6 is 11.6 Å². The number of amides is 2. The molecule has 210 valence electrons. The van der Waals surface area contributed by atoms with Gasteiger partial charge in [-0.15, -0.1) is 0 Å². The minimum atomic E-state index is -4.78. The zero-order chi connectivity index (χ0) is 28.5. The molecule has 5 rings (SSSR count). The van der Waals surface area contributed by atoms with Crippen molar-refractivity contribution in [3.05, 3.63) is 99.8 Å². The van der Waals surface area contributed by atoms with Crippen LogP contribution in [0.2, 0.25) is 5.02 Å². The predicted molar refractivity (Wildman–Crippen MR) is 143 cm³/mol. The van der Waals surface area contributed by atoms with Gasteiger partial charge in [0, 0.05) is 41.8 Å². The number of aromatic nitrogens is 1. The van der Waals surface area contributed by atoms with Gasteiger partial charge in [0.25, 0.3) is 0 Å². The number of hydrogen-bond acceptors (Lipinski definition) is 3. The van der Waals surface area contributed by atoms with Crippen LogP contribution in [0.25, 0.3) is 6.08 Å². The third-order valence-electron chi connectivity index (χ3n) is 7.52. The van der Waals surface area contributed by atoms with E-state index in [4.69, 9.17) is 11.6 Å². The number of likely N-dealkylation sites (tertiary alicyclic amines) is 1. The number of alkyl halides is 3. The number of fused-ring (bicyclic) bond motifs is 2. The van der Waals surface area contributed by atoms with Gasteiger partial charge in [-0.05, 0) is 73.5 Å². The first-order valence-electron chi connectivity index (χ1n) is 12.8. The van der Waals surface area contributed by atoms with Crippen LogP contribution < -0.4 is 10.2 Å². The van der Waals surface area contributed by atoms with Gasteiger partial charge in [-0.25, -0.2) is 14.2 Å². The molecule has 3 aromatic rings. The molecule has 0 aliphatic carbocycles. The number of nitrogens with zero attached hydrogens (tertiary/aromatic N) is 3. The van der Waals surface area contributed by atoms with Gasteiger partial charge in [0.1, 0.15) is 5.82 Å². The average Bonchev–Trinajstić information content (AvgIpc) is 3.23. The Labute approximate surface area is 233 Å². The highest BCUT2D eigenvalue weighted by Gasteiger charge is 2.49. The number of pyridine rings is 1. The van der Waals surface area contributed by atoms with Crippen molar-refractivity contribution in [1.82, 2.24) is 15.2 Å². The van der Waals surface area contributed by atoms with E-state index in [1.165, 1.54) is 17.2 Å². The molecule has 40 heavy (non-hydrogen) atoms. The Kier molecular flexibility index (Phi) is 7.83. The minimum absolute atomic E-state index is 0.0472. The summed E-state index contributed by atoms with van der Waals surface area (Å²) in [5.41, 5.74) is -0.477. The maximum Gasteiger partial charge on any atom is 0.416 e. The van der Waals surface area contributed by atoms with Crippen molar-refractivity contribution in [2.75, 3.05) is 31.1 Å². The summed E-state index contributed by atoms with van der Waals surface area (Å²) in [4.78, 5) is 20.0. The van der Waals surface area contributed by atoms with E-state index in [1.807, 2.05) is 24.3 Å². The summed E-state index contributed by atoms with van der Waals surface area (Å²) in [5.74, 6) is -1.68. The molecule has 5 nitrogen and oxygen atoms in total. The topological polar surface area (TPSA) is 48.5 Å². The first-order chi connectivity index (χ1) is 19.0.